The molecule has 4 fully saturated rings. The third-order valence-electron chi connectivity index (χ3n) is 12.4. The second kappa shape index (κ2) is 9.40. The van der Waals surface area contributed by atoms with Crippen LogP contribution >= 0.6 is 0 Å². The number of aliphatic hydroxyl groups excluding tert-OH is 2. The Bertz CT molecular complexity index is 1280. The minimum absolute atomic E-state index is 0.0451. The van der Waals surface area contributed by atoms with Crippen molar-refractivity contribution in [2.45, 2.75) is 104 Å². The monoisotopic (exact) mass is 524 g/mol. The van der Waals surface area contributed by atoms with E-state index in [1.165, 1.54) is 19.3 Å². The van der Waals surface area contributed by atoms with Gasteiger partial charge >= 0.3 is 0 Å². The smallest absolute Gasteiger partial charge is 0.261 e. The van der Waals surface area contributed by atoms with Crippen molar-refractivity contribution in [3.63, 3.8) is 0 Å². The molecular formula is C32H45FN2O3. The first-order chi connectivity index (χ1) is 18.0. The molecular weight excluding hydrogens is 479 g/mol. The number of aromatic amines is 1. The summed E-state index contributed by atoms with van der Waals surface area (Å²) >= 11 is 0. The van der Waals surface area contributed by atoms with Gasteiger partial charge in [-0.05, 0) is 123 Å². The largest absolute Gasteiger partial charge is 0.393 e. The van der Waals surface area contributed by atoms with E-state index in [1.54, 1.807) is 19.1 Å². The average Bonchev–Trinajstić information content (AvgIpc) is 3.24. The Morgan fingerprint density at radius 1 is 1.11 bits per heavy atom. The van der Waals surface area contributed by atoms with Gasteiger partial charge in [0.1, 0.15) is 17.0 Å². The minimum atomic E-state index is -0.488. The first-order valence-corrected chi connectivity index (χ1v) is 15.1. The Balaban J connectivity index is 1.19. The van der Waals surface area contributed by atoms with Crippen LogP contribution in [0.25, 0.3) is 10.9 Å². The number of aryl methyl sites for hydroxylation is 2. The van der Waals surface area contributed by atoms with E-state index in [1.807, 2.05) is 0 Å². The van der Waals surface area contributed by atoms with Crippen LogP contribution in [0.2, 0.25) is 0 Å². The predicted molar refractivity (Wildman–Crippen MR) is 147 cm³/mol. The Labute approximate surface area is 225 Å². The number of hydrogen-bond donors (Lipinski definition) is 3. The summed E-state index contributed by atoms with van der Waals surface area (Å²) in [6.07, 6.45) is 9.72. The third-order valence-corrected chi connectivity index (χ3v) is 12.4. The summed E-state index contributed by atoms with van der Waals surface area (Å²) in [4.78, 5) is 20.1. The molecule has 0 radical (unpaired) electrons. The topological polar surface area (TPSA) is 86.2 Å². The predicted octanol–water partition coefficient (Wildman–Crippen LogP) is 5.93. The molecule has 0 aliphatic heterocycles. The molecule has 4 saturated carbocycles. The van der Waals surface area contributed by atoms with Crippen molar-refractivity contribution >= 4 is 10.9 Å². The van der Waals surface area contributed by atoms with Crippen LogP contribution in [0.15, 0.2) is 16.9 Å². The zero-order valence-electron chi connectivity index (χ0n) is 23.5. The van der Waals surface area contributed by atoms with E-state index >= 15 is 0 Å². The van der Waals surface area contributed by atoms with Gasteiger partial charge in [-0.3, -0.25) is 4.79 Å². The van der Waals surface area contributed by atoms with Crippen molar-refractivity contribution in [3.05, 3.63) is 39.7 Å². The highest BCUT2D eigenvalue weighted by Crippen LogP contribution is 2.68. The van der Waals surface area contributed by atoms with Gasteiger partial charge in [-0.25, -0.2) is 9.37 Å². The molecule has 0 amide bonds. The van der Waals surface area contributed by atoms with E-state index in [-0.39, 0.29) is 28.4 Å². The summed E-state index contributed by atoms with van der Waals surface area (Å²) in [6, 6.07) is 3.41. The molecule has 0 spiro atoms. The number of aromatic nitrogens is 2. The lowest BCUT2D eigenvalue weighted by atomic mass is 9.43. The lowest BCUT2D eigenvalue weighted by Gasteiger charge is -2.62. The van der Waals surface area contributed by atoms with Crippen molar-refractivity contribution in [1.82, 2.24) is 9.97 Å². The zero-order chi connectivity index (χ0) is 27.0. The van der Waals surface area contributed by atoms with Crippen LogP contribution in [0.3, 0.4) is 0 Å². The molecule has 4 aliphatic carbocycles. The van der Waals surface area contributed by atoms with Crippen molar-refractivity contribution < 1.29 is 14.6 Å². The van der Waals surface area contributed by atoms with Crippen molar-refractivity contribution in [1.29, 1.82) is 0 Å². The van der Waals surface area contributed by atoms with Crippen LogP contribution in [0.1, 0.15) is 89.9 Å². The summed E-state index contributed by atoms with van der Waals surface area (Å²) in [5, 5.41) is 22.2. The van der Waals surface area contributed by atoms with E-state index in [9.17, 15) is 19.4 Å². The lowest BCUT2D eigenvalue weighted by Crippen LogP contribution is -2.58. The molecule has 1 unspecified atom stereocenters. The zero-order valence-corrected chi connectivity index (χ0v) is 23.5. The molecule has 6 rings (SSSR count). The highest BCUT2D eigenvalue weighted by atomic mass is 19.1. The van der Waals surface area contributed by atoms with Crippen molar-refractivity contribution in [2.24, 2.45) is 46.3 Å². The second-order valence-electron chi connectivity index (χ2n) is 14.0. The van der Waals surface area contributed by atoms with Gasteiger partial charge in [-0.2, -0.15) is 0 Å². The molecule has 0 saturated heterocycles. The molecule has 2 aromatic rings. The van der Waals surface area contributed by atoms with E-state index in [2.05, 4.69) is 30.7 Å². The Morgan fingerprint density at radius 2 is 1.89 bits per heavy atom. The molecule has 5 nitrogen and oxygen atoms in total. The van der Waals surface area contributed by atoms with Crippen LogP contribution in [0.4, 0.5) is 4.39 Å². The maximum Gasteiger partial charge on any atom is 0.261 e. The highest BCUT2D eigenvalue weighted by Gasteiger charge is 2.63. The van der Waals surface area contributed by atoms with Gasteiger partial charge < -0.3 is 15.2 Å². The fourth-order valence-electron chi connectivity index (χ4n) is 10.2. The van der Waals surface area contributed by atoms with Crippen LogP contribution in [-0.4, -0.2) is 32.4 Å². The number of nitrogens with zero attached hydrogens (tertiary/aromatic N) is 1. The third kappa shape index (κ3) is 3.91. The molecule has 208 valence electrons. The summed E-state index contributed by atoms with van der Waals surface area (Å²) in [5.74, 6) is 3.34. The SMILES string of the molecule is Cc1ccc2nc(CC[C@@H](C)[C@H]3CC[C@H]4[C@@H]5CC[C@@H]6C[C@H](O)CC[C@]6(C)C5C[C@H](O)[C@]34C)[nH]c(=O)c2c1F. The van der Waals surface area contributed by atoms with Gasteiger partial charge in [0.2, 0.25) is 0 Å². The number of fused-ring (bicyclic) bond motifs is 6. The van der Waals surface area contributed by atoms with Gasteiger partial charge in [0.05, 0.1) is 17.7 Å². The van der Waals surface area contributed by atoms with E-state index < -0.39 is 11.4 Å². The minimum Gasteiger partial charge on any atom is -0.393 e. The Morgan fingerprint density at radius 3 is 2.68 bits per heavy atom. The molecule has 6 heteroatoms. The highest BCUT2D eigenvalue weighted by molar-refractivity contribution is 5.79. The standard InChI is InChI=1S/C32H45FN2O3/c1-17(6-12-27-34-25-11-5-18(2)29(33)28(25)30(38)35-27)22-9-10-23-21-8-7-19-15-20(36)13-14-31(19,3)24(21)16-26(37)32(22,23)4/h5,11,17,19-24,26,36-37H,6-10,12-16H2,1-4H3,(H,34,35,38)/t17-,19-,20-,21+,22-,23+,24?,26+,31+,32-/m1/s1. The van der Waals surface area contributed by atoms with Gasteiger partial charge in [-0.1, -0.05) is 26.8 Å². The molecule has 1 heterocycles. The number of nitrogens with one attached hydrogen (secondary N) is 1. The van der Waals surface area contributed by atoms with Crippen LogP contribution in [0, 0.1) is 59.1 Å². The molecule has 1 aromatic heterocycles. The maximum absolute atomic E-state index is 14.5. The second-order valence-corrected chi connectivity index (χ2v) is 14.0. The van der Waals surface area contributed by atoms with E-state index in [4.69, 9.17) is 0 Å². The van der Waals surface area contributed by atoms with Crippen LogP contribution in [-0.2, 0) is 6.42 Å². The fourth-order valence-corrected chi connectivity index (χ4v) is 10.2. The number of hydrogen-bond acceptors (Lipinski definition) is 4. The Kier molecular flexibility index (Phi) is 6.54. The lowest BCUT2D eigenvalue weighted by molar-refractivity contribution is -0.174. The van der Waals surface area contributed by atoms with Gasteiger partial charge in [-0.15, -0.1) is 0 Å². The van der Waals surface area contributed by atoms with Gasteiger partial charge in [0.25, 0.3) is 5.56 Å². The first kappa shape index (κ1) is 26.4. The maximum atomic E-state index is 14.5. The number of aliphatic hydroxyl groups is 2. The summed E-state index contributed by atoms with van der Waals surface area (Å²) in [7, 11) is 0. The van der Waals surface area contributed by atoms with E-state index in [0.717, 1.165) is 38.5 Å². The summed E-state index contributed by atoms with van der Waals surface area (Å²) < 4.78 is 14.5. The summed E-state index contributed by atoms with van der Waals surface area (Å²) in [6.45, 7) is 8.80. The van der Waals surface area contributed by atoms with Gasteiger partial charge in [0, 0.05) is 6.42 Å². The molecule has 3 N–H and O–H groups in total. The normalized spacial score (nSPS) is 41.4. The quantitative estimate of drug-likeness (QED) is 0.463. The van der Waals surface area contributed by atoms with E-state index in [0.29, 0.717) is 58.8 Å². The molecule has 1 aromatic carbocycles. The number of H-pyrrole nitrogens is 1. The van der Waals surface area contributed by atoms with Crippen LogP contribution in [0.5, 0.6) is 0 Å². The van der Waals surface area contributed by atoms with Gasteiger partial charge in [0.15, 0.2) is 0 Å². The van der Waals surface area contributed by atoms with Crippen molar-refractivity contribution in [3.8, 4) is 0 Å². The number of halogens is 1. The summed E-state index contributed by atoms with van der Waals surface area (Å²) in [5.41, 5.74) is 0.634. The van der Waals surface area contributed by atoms with Crippen molar-refractivity contribution in [2.75, 3.05) is 0 Å². The van der Waals surface area contributed by atoms with Crippen LogP contribution < -0.4 is 5.56 Å². The fraction of sp³-hybridized carbons (Fsp3) is 0.750. The number of rotatable bonds is 4. The molecule has 10 atom stereocenters. The molecule has 4 aliphatic rings. The molecule has 38 heavy (non-hydrogen) atoms. The first-order valence-electron chi connectivity index (χ1n) is 15.1. The average molecular weight is 525 g/mol. The Hall–Kier alpha value is -1.79. The molecule has 0 bridgehead atoms. The number of benzene rings is 1.